The average molecular weight is 278 g/mol. The molecule has 1 aromatic rings. The minimum absolute atomic E-state index is 0. The SMILES string of the molecule is COc1ccc([C@@H]2CCCN2)c(Cl)c1OC.Cl. The summed E-state index contributed by atoms with van der Waals surface area (Å²) in [4.78, 5) is 0. The summed E-state index contributed by atoms with van der Waals surface area (Å²) in [7, 11) is 3.22. The van der Waals surface area contributed by atoms with Gasteiger partial charge in [0.2, 0.25) is 0 Å². The van der Waals surface area contributed by atoms with Gasteiger partial charge in [0.15, 0.2) is 11.5 Å². The largest absolute Gasteiger partial charge is 0.493 e. The number of hydrogen-bond acceptors (Lipinski definition) is 3. The van der Waals surface area contributed by atoms with Gasteiger partial charge in [0, 0.05) is 6.04 Å². The third-order valence-corrected chi connectivity index (χ3v) is 3.34. The van der Waals surface area contributed by atoms with Gasteiger partial charge in [-0.3, -0.25) is 0 Å². The van der Waals surface area contributed by atoms with Crippen LogP contribution in [0.1, 0.15) is 24.4 Å². The van der Waals surface area contributed by atoms with Crippen LogP contribution in [0.15, 0.2) is 12.1 Å². The maximum Gasteiger partial charge on any atom is 0.179 e. The highest BCUT2D eigenvalue weighted by molar-refractivity contribution is 6.33. The van der Waals surface area contributed by atoms with Crippen LogP contribution >= 0.6 is 24.0 Å². The van der Waals surface area contributed by atoms with E-state index in [1.165, 1.54) is 6.42 Å². The Balaban J connectivity index is 0.00000144. The number of rotatable bonds is 3. The van der Waals surface area contributed by atoms with E-state index in [0.717, 1.165) is 18.5 Å². The number of ether oxygens (including phenoxy) is 2. The molecule has 0 spiro atoms. The molecule has 0 amide bonds. The van der Waals surface area contributed by atoms with Crippen molar-refractivity contribution in [2.45, 2.75) is 18.9 Å². The van der Waals surface area contributed by atoms with Crippen LogP contribution in [0.5, 0.6) is 11.5 Å². The van der Waals surface area contributed by atoms with Gasteiger partial charge in [-0.15, -0.1) is 12.4 Å². The van der Waals surface area contributed by atoms with Crippen molar-refractivity contribution < 1.29 is 9.47 Å². The predicted octanol–water partition coefficient (Wildman–Crippen LogP) is 3.20. The minimum Gasteiger partial charge on any atom is -0.493 e. The molecule has 3 nitrogen and oxygen atoms in total. The number of halogens is 2. The lowest BCUT2D eigenvalue weighted by molar-refractivity contribution is 0.354. The maximum absolute atomic E-state index is 6.33. The van der Waals surface area contributed by atoms with Crippen LogP contribution in [0.4, 0.5) is 0 Å². The lowest BCUT2D eigenvalue weighted by atomic mass is 10.0. The molecule has 1 aliphatic heterocycles. The molecule has 0 unspecified atom stereocenters. The van der Waals surface area contributed by atoms with Gasteiger partial charge >= 0.3 is 0 Å². The topological polar surface area (TPSA) is 30.5 Å². The quantitative estimate of drug-likeness (QED) is 0.921. The number of nitrogens with one attached hydrogen (secondary N) is 1. The molecule has 1 heterocycles. The van der Waals surface area contributed by atoms with E-state index >= 15 is 0 Å². The first-order valence-electron chi connectivity index (χ1n) is 5.41. The summed E-state index contributed by atoms with van der Waals surface area (Å²) in [6.45, 7) is 1.05. The molecule has 0 aromatic heterocycles. The molecule has 1 aliphatic rings. The zero-order valence-corrected chi connectivity index (χ0v) is 11.5. The normalized spacial score (nSPS) is 18.6. The van der Waals surface area contributed by atoms with Gasteiger partial charge in [-0.05, 0) is 31.0 Å². The molecule has 2 rings (SSSR count). The van der Waals surface area contributed by atoms with Crippen LogP contribution < -0.4 is 14.8 Å². The van der Waals surface area contributed by atoms with Crippen LogP contribution in [0, 0.1) is 0 Å². The Morgan fingerprint density at radius 1 is 1.29 bits per heavy atom. The van der Waals surface area contributed by atoms with Gasteiger partial charge < -0.3 is 14.8 Å². The summed E-state index contributed by atoms with van der Waals surface area (Å²) in [6, 6.07) is 4.25. The van der Waals surface area contributed by atoms with Crippen LogP contribution in [-0.2, 0) is 0 Å². The molecular formula is C12H17Cl2NO2. The molecule has 0 bridgehead atoms. The van der Waals surface area contributed by atoms with Gasteiger partial charge in [-0.2, -0.15) is 0 Å². The van der Waals surface area contributed by atoms with E-state index < -0.39 is 0 Å². The molecule has 96 valence electrons. The Morgan fingerprint density at radius 3 is 2.59 bits per heavy atom. The molecule has 1 fully saturated rings. The van der Waals surface area contributed by atoms with Crippen molar-refractivity contribution in [2.75, 3.05) is 20.8 Å². The molecule has 0 radical (unpaired) electrons. The molecule has 1 N–H and O–H groups in total. The lowest BCUT2D eigenvalue weighted by Gasteiger charge is -2.16. The smallest absolute Gasteiger partial charge is 0.179 e. The average Bonchev–Trinajstić information content (AvgIpc) is 2.81. The third-order valence-electron chi connectivity index (χ3n) is 2.95. The van der Waals surface area contributed by atoms with E-state index in [2.05, 4.69) is 5.32 Å². The first-order valence-corrected chi connectivity index (χ1v) is 5.79. The predicted molar refractivity (Wildman–Crippen MR) is 71.8 cm³/mol. The Morgan fingerprint density at radius 2 is 2.06 bits per heavy atom. The van der Waals surface area contributed by atoms with Gasteiger partial charge in [0.25, 0.3) is 0 Å². The fraction of sp³-hybridized carbons (Fsp3) is 0.500. The van der Waals surface area contributed by atoms with Crippen LogP contribution in [0.25, 0.3) is 0 Å². The number of methoxy groups -OCH3 is 2. The van der Waals surface area contributed by atoms with Crippen molar-refractivity contribution in [3.8, 4) is 11.5 Å². The summed E-state index contributed by atoms with van der Waals surface area (Å²) in [5, 5.41) is 4.08. The third kappa shape index (κ3) is 2.79. The second-order valence-electron chi connectivity index (χ2n) is 3.85. The van der Waals surface area contributed by atoms with E-state index in [9.17, 15) is 0 Å². The van der Waals surface area contributed by atoms with E-state index in [0.29, 0.717) is 22.6 Å². The Kier molecular flexibility index (Phi) is 5.37. The fourth-order valence-electron chi connectivity index (χ4n) is 2.12. The van der Waals surface area contributed by atoms with Crippen molar-refractivity contribution in [3.05, 3.63) is 22.7 Å². The molecular weight excluding hydrogens is 261 g/mol. The molecule has 0 saturated carbocycles. The number of hydrogen-bond donors (Lipinski definition) is 1. The van der Waals surface area contributed by atoms with Crippen LogP contribution in [0.2, 0.25) is 5.02 Å². The first-order chi connectivity index (χ1) is 7.77. The second kappa shape index (κ2) is 6.34. The van der Waals surface area contributed by atoms with Crippen molar-refractivity contribution in [1.82, 2.24) is 5.32 Å². The highest BCUT2D eigenvalue weighted by atomic mass is 35.5. The van der Waals surface area contributed by atoms with Crippen molar-refractivity contribution in [3.63, 3.8) is 0 Å². The van der Waals surface area contributed by atoms with Crippen molar-refractivity contribution >= 4 is 24.0 Å². The molecule has 0 aliphatic carbocycles. The Labute approximate surface area is 113 Å². The van der Waals surface area contributed by atoms with E-state index in [1.807, 2.05) is 12.1 Å². The van der Waals surface area contributed by atoms with Crippen molar-refractivity contribution in [2.24, 2.45) is 0 Å². The fourth-order valence-corrected chi connectivity index (χ4v) is 2.49. The molecule has 1 saturated heterocycles. The van der Waals surface area contributed by atoms with Gasteiger partial charge in [0.05, 0.1) is 19.2 Å². The minimum atomic E-state index is 0. The molecule has 5 heteroatoms. The van der Waals surface area contributed by atoms with Crippen LogP contribution in [0.3, 0.4) is 0 Å². The van der Waals surface area contributed by atoms with Gasteiger partial charge in [-0.25, -0.2) is 0 Å². The molecule has 17 heavy (non-hydrogen) atoms. The van der Waals surface area contributed by atoms with Crippen LogP contribution in [-0.4, -0.2) is 20.8 Å². The monoisotopic (exact) mass is 277 g/mol. The molecule has 1 aromatic carbocycles. The zero-order chi connectivity index (χ0) is 11.5. The Hall–Kier alpha value is -0.640. The van der Waals surface area contributed by atoms with E-state index in [4.69, 9.17) is 21.1 Å². The van der Waals surface area contributed by atoms with E-state index in [-0.39, 0.29) is 12.4 Å². The highest BCUT2D eigenvalue weighted by Crippen LogP contribution is 2.41. The Bertz CT molecular complexity index is 379. The summed E-state index contributed by atoms with van der Waals surface area (Å²) in [5.74, 6) is 1.30. The second-order valence-corrected chi connectivity index (χ2v) is 4.23. The standard InChI is InChI=1S/C12H16ClNO2.ClH/c1-15-10-6-5-8(9-4-3-7-14-9)11(13)12(10)16-2;/h5-6,9,14H,3-4,7H2,1-2H3;1H/t9-;/m0./s1. The number of benzene rings is 1. The first kappa shape index (κ1) is 14.4. The summed E-state index contributed by atoms with van der Waals surface area (Å²) in [5.41, 5.74) is 1.09. The summed E-state index contributed by atoms with van der Waals surface area (Å²) < 4.78 is 10.5. The highest BCUT2D eigenvalue weighted by Gasteiger charge is 2.22. The molecule has 1 atom stereocenters. The lowest BCUT2D eigenvalue weighted by Crippen LogP contribution is -2.13. The van der Waals surface area contributed by atoms with E-state index in [1.54, 1.807) is 14.2 Å². The van der Waals surface area contributed by atoms with Gasteiger partial charge in [0.1, 0.15) is 0 Å². The zero-order valence-electron chi connectivity index (χ0n) is 9.96. The maximum atomic E-state index is 6.33. The van der Waals surface area contributed by atoms with Crippen molar-refractivity contribution in [1.29, 1.82) is 0 Å². The van der Waals surface area contributed by atoms with Gasteiger partial charge in [-0.1, -0.05) is 17.7 Å². The summed E-state index contributed by atoms with van der Waals surface area (Å²) in [6.07, 6.45) is 2.31. The summed E-state index contributed by atoms with van der Waals surface area (Å²) >= 11 is 6.33.